The molecule has 2 aromatic rings. The Balaban J connectivity index is 1.84. The number of hydrogen-bond donors (Lipinski definition) is 1. The molecule has 2 N–H and O–H groups in total. The topological polar surface area (TPSA) is 95.7 Å². The summed E-state index contributed by atoms with van der Waals surface area (Å²) in [5.41, 5.74) is 6.38. The van der Waals surface area contributed by atoms with Gasteiger partial charge in [0.1, 0.15) is 11.5 Å². The summed E-state index contributed by atoms with van der Waals surface area (Å²) >= 11 is 6.85. The van der Waals surface area contributed by atoms with Gasteiger partial charge in [-0.3, -0.25) is 8.98 Å². The van der Waals surface area contributed by atoms with E-state index in [0.717, 1.165) is 0 Å². The number of rotatable bonds is 10. The second kappa shape index (κ2) is 10.6. The molecule has 2 rings (SSSR count). The SMILES string of the molecule is CC(CC(=O)CCOS(=O)(=O)c1ccccc1)C(C)Oc1c(Br)cc(N)cc1Br. The molecule has 158 valence electrons. The highest BCUT2D eigenvalue weighted by molar-refractivity contribution is 9.11. The van der Waals surface area contributed by atoms with Crippen LogP contribution in [0.5, 0.6) is 5.75 Å². The van der Waals surface area contributed by atoms with Crippen molar-refractivity contribution in [2.45, 2.75) is 37.7 Å². The lowest BCUT2D eigenvalue weighted by Crippen LogP contribution is -2.24. The van der Waals surface area contributed by atoms with Crippen molar-refractivity contribution < 1.29 is 22.1 Å². The van der Waals surface area contributed by atoms with Crippen LogP contribution in [0.1, 0.15) is 26.7 Å². The Bertz CT molecular complexity index is 928. The fourth-order valence-electron chi connectivity index (χ4n) is 2.54. The van der Waals surface area contributed by atoms with Crippen LogP contribution in [0.15, 0.2) is 56.3 Å². The fraction of sp³-hybridized carbons (Fsp3) is 0.350. The summed E-state index contributed by atoms with van der Waals surface area (Å²) in [6, 6.07) is 11.3. The van der Waals surface area contributed by atoms with Gasteiger partial charge < -0.3 is 10.5 Å². The molecule has 6 nitrogen and oxygen atoms in total. The van der Waals surface area contributed by atoms with E-state index in [0.29, 0.717) is 20.4 Å². The van der Waals surface area contributed by atoms with E-state index in [4.69, 9.17) is 14.7 Å². The van der Waals surface area contributed by atoms with Crippen LogP contribution in [-0.4, -0.2) is 26.9 Å². The number of hydrogen-bond acceptors (Lipinski definition) is 6. The highest BCUT2D eigenvalue weighted by atomic mass is 79.9. The molecule has 2 atom stereocenters. The summed E-state index contributed by atoms with van der Waals surface area (Å²) in [5, 5.41) is 0. The largest absolute Gasteiger partial charge is 0.488 e. The van der Waals surface area contributed by atoms with Crippen LogP contribution in [0.3, 0.4) is 0 Å². The van der Waals surface area contributed by atoms with Gasteiger partial charge in [-0.15, -0.1) is 0 Å². The molecular formula is C20H23Br2NO5S. The van der Waals surface area contributed by atoms with Crippen molar-refractivity contribution in [3.05, 3.63) is 51.4 Å². The number of anilines is 1. The minimum Gasteiger partial charge on any atom is -0.488 e. The Labute approximate surface area is 188 Å². The number of ketones is 1. The minimum atomic E-state index is -3.85. The molecule has 0 aromatic heterocycles. The highest BCUT2D eigenvalue weighted by Gasteiger charge is 2.21. The third kappa shape index (κ3) is 7.09. The third-order valence-electron chi connectivity index (χ3n) is 4.33. The van der Waals surface area contributed by atoms with E-state index in [-0.39, 0.29) is 42.1 Å². The van der Waals surface area contributed by atoms with E-state index in [1.807, 2.05) is 13.8 Å². The summed E-state index contributed by atoms with van der Waals surface area (Å²) in [5.74, 6) is 0.444. The molecule has 0 spiro atoms. The Kier molecular flexibility index (Phi) is 8.69. The summed E-state index contributed by atoms with van der Waals surface area (Å²) in [6.07, 6.45) is 0.0162. The summed E-state index contributed by atoms with van der Waals surface area (Å²) in [4.78, 5) is 12.3. The predicted octanol–water partition coefficient (Wildman–Crippen LogP) is 4.95. The number of nitrogens with two attached hydrogens (primary N) is 1. The van der Waals surface area contributed by atoms with Gasteiger partial charge in [0.2, 0.25) is 0 Å². The average Bonchev–Trinajstić information content (AvgIpc) is 2.65. The first-order valence-corrected chi connectivity index (χ1v) is 12.0. The second-order valence-electron chi connectivity index (χ2n) is 6.70. The fourth-order valence-corrected chi connectivity index (χ4v) is 4.88. The zero-order valence-electron chi connectivity index (χ0n) is 16.1. The van der Waals surface area contributed by atoms with Gasteiger partial charge in [-0.25, -0.2) is 0 Å². The molecule has 0 fully saturated rings. The van der Waals surface area contributed by atoms with Crippen LogP contribution in [0.2, 0.25) is 0 Å². The molecule has 0 aliphatic rings. The number of Topliss-reactive ketones (excluding diaryl/α,β-unsaturated/α-hetero) is 1. The van der Waals surface area contributed by atoms with Gasteiger partial charge in [0.25, 0.3) is 10.1 Å². The van der Waals surface area contributed by atoms with E-state index in [1.54, 1.807) is 30.3 Å². The first-order chi connectivity index (χ1) is 13.6. The maximum Gasteiger partial charge on any atom is 0.296 e. The lowest BCUT2D eigenvalue weighted by atomic mass is 9.98. The van der Waals surface area contributed by atoms with Gasteiger partial charge >= 0.3 is 0 Å². The molecule has 2 aromatic carbocycles. The van der Waals surface area contributed by atoms with Crippen LogP contribution in [0, 0.1) is 5.92 Å². The summed E-state index contributed by atoms with van der Waals surface area (Å²) in [7, 11) is -3.85. The monoisotopic (exact) mass is 547 g/mol. The highest BCUT2D eigenvalue weighted by Crippen LogP contribution is 2.37. The quantitative estimate of drug-likeness (QED) is 0.333. The van der Waals surface area contributed by atoms with Gasteiger partial charge in [-0.2, -0.15) is 8.42 Å². The zero-order valence-corrected chi connectivity index (χ0v) is 20.1. The summed E-state index contributed by atoms with van der Waals surface area (Å²) < 4.78 is 36.5. The van der Waals surface area contributed by atoms with Crippen molar-refractivity contribution in [1.29, 1.82) is 0 Å². The first kappa shape index (κ1) is 23.9. The molecule has 0 aliphatic carbocycles. The predicted molar refractivity (Wildman–Crippen MR) is 119 cm³/mol. The number of benzene rings is 2. The van der Waals surface area contributed by atoms with Crippen LogP contribution in [-0.2, 0) is 19.1 Å². The number of nitrogen functional groups attached to an aromatic ring is 1. The van der Waals surface area contributed by atoms with E-state index in [9.17, 15) is 13.2 Å². The van der Waals surface area contributed by atoms with E-state index in [1.165, 1.54) is 12.1 Å². The van der Waals surface area contributed by atoms with Gasteiger partial charge in [-0.1, -0.05) is 25.1 Å². The normalized spacial score (nSPS) is 13.7. The molecule has 0 amide bonds. The van der Waals surface area contributed by atoms with Crippen molar-refractivity contribution >= 4 is 53.4 Å². The standard InChI is InChI=1S/C20H23Br2NO5S/c1-13(14(2)28-20-18(21)11-15(23)12-19(20)22)10-16(24)8-9-27-29(25,26)17-6-4-3-5-7-17/h3-7,11-14H,8-10,23H2,1-2H3. The van der Waals surface area contributed by atoms with Crippen molar-refractivity contribution in [1.82, 2.24) is 0 Å². The van der Waals surface area contributed by atoms with Gasteiger partial charge in [0.05, 0.1) is 26.6 Å². The van der Waals surface area contributed by atoms with E-state index < -0.39 is 10.1 Å². The lowest BCUT2D eigenvalue weighted by Gasteiger charge is -2.22. The molecule has 0 bridgehead atoms. The van der Waals surface area contributed by atoms with Crippen molar-refractivity contribution in [3.8, 4) is 5.75 Å². The average molecular weight is 549 g/mol. The molecule has 0 heterocycles. The van der Waals surface area contributed by atoms with Gasteiger partial charge in [0, 0.05) is 18.5 Å². The number of carbonyl (C=O) groups excluding carboxylic acids is 1. The van der Waals surface area contributed by atoms with Crippen LogP contribution in [0.4, 0.5) is 5.69 Å². The number of ether oxygens (including phenoxy) is 1. The summed E-state index contributed by atoms with van der Waals surface area (Å²) in [6.45, 7) is 3.60. The van der Waals surface area contributed by atoms with Crippen molar-refractivity contribution in [2.24, 2.45) is 5.92 Å². The second-order valence-corrected chi connectivity index (χ2v) is 10.0. The number of halogens is 2. The maximum absolute atomic E-state index is 12.2. The molecule has 0 aliphatic heterocycles. The van der Waals surface area contributed by atoms with Crippen LogP contribution >= 0.6 is 31.9 Å². The Morgan fingerprint density at radius 3 is 2.28 bits per heavy atom. The molecule has 0 saturated heterocycles. The molecule has 0 radical (unpaired) electrons. The lowest BCUT2D eigenvalue weighted by molar-refractivity contribution is -0.120. The maximum atomic E-state index is 12.2. The third-order valence-corrected chi connectivity index (χ3v) is 6.83. The molecule has 29 heavy (non-hydrogen) atoms. The van der Waals surface area contributed by atoms with Crippen molar-refractivity contribution in [2.75, 3.05) is 12.3 Å². The molecular weight excluding hydrogens is 526 g/mol. The molecule has 0 saturated carbocycles. The zero-order chi connectivity index (χ0) is 21.6. The minimum absolute atomic E-state index is 0.0123. The smallest absolute Gasteiger partial charge is 0.296 e. The van der Waals surface area contributed by atoms with Crippen LogP contribution in [0.25, 0.3) is 0 Å². The van der Waals surface area contributed by atoms with E-state index in [2.05, 4.69) is 31.9 Å². The van der Waals surface area contributed by atoms with Crippen LogP contribution < -0.4 is 10.5 Å². The van der Waals surface area contributed by atoms with Gasteiger partial charge in [-0.05, 0) is 69.0 Å². The van der Waals surface area contributed by atoms with Gasteiger partial charge in [0.15, 0.2) is 0 Å². The Morgan fingerprint density at radius 2 is 1.69 bits per heavy atom. The Hall–Kier alpha value is -1.42. The molecule has 9 heteroatoms. The van der Waals surface area contributed by atoms with Crippen molar-refractivity contribution in [3.63, 3.8) is 0 Å². The number of carbonyl (C=O) groups is 1. The Morgan fingerprint density at radius 1 is 1.10 bits per heavy atom. The van der Waals surface area contributed by atoms with E-state index >= 15 is 0 Å². The first-order valence-electron chi connectivity index (χ1n) is 8.97. The molecule has 2 unspecified atom stereocenters.